The zero-order valence-corrected chi connectivity index (χ0v) is 13.1. The molecule has 0 aromatic heterocycles. The standard InChI is InChI=1S/C14H15Cl2NO4/c1-7(15)13(18)17-6-10-4-8-3-9(14(19)20-2)5-11(16)12(8)21-10/h3,5,7,10H,4,6H2,1-2H3,(H,17,18)/t7-,10-/m0/s1. The Bertz CT molecular complexity index is 574. The predicted octanol–water partition coefficient (Wildman–Crippen LogP) is 2.17. The van der Waals surface area contributed by atoms with Crippen LogP contribution in [0.15, 0.2) is 12.1 Å². The average molecular weight is 332 g/mol. The Kier molecular flexibility index (Phi) is 4.96. The van der Waals surface area contributed by atoms with Gasteiger partial charge in [-0.3, -0.25) is 4.79 Å². The number of amides is 1. The number of methoxy groups -OCH3 is 1. The first kappa shape index (κ1) is 15.9. The zero-order valence-electron chi connectivity index (χ0n) is 11.6. The van der Waals surface area contributed by atoms with Gasteiger partial charge in [0.15, 0.2) is 0 Å². The van der Waals surface area contributed by atoms with Gasteiger partial charge in [-0.2, -0.15) is 0 Å². The summed E-state index contributed by atoms with van der Waals surface area (Å²) in [6.45, 7) is 1.93. The van der Waals surface area contributed by atoms with Crippen LogP contribution in [0.3, 0.4) is 0 Å². The van der Waals surface area contributed by atoms with Gasteiger partial charge in [0.25, 0.3) is 0 Å². The van der Waals surface area contributed by atoms with Gasteiger partial charge in [-0.25, -0.2) is 4.79 Å². The van der Waals surface area contributed by atoms with Gasteiger partial charge in [0, 0.05) is 12.0 Å². The number of hydrogen-bond donors (Lipinski definition) is 1. The van der Waals surface area contributed by atoms with E-state index < -0.39 is 11.3 Å². The van der Waals surface area contributed by atoms with Gasteiger partial charge in [-0.1, -0.05) is 11.6 Å². The van der Waals surface area contributed by atoms with Gasteiger partial charge in [0.05, 0.1) is 24.2 Å². The summed E-state index contributed by atoms with van der Waals surface area (Å²) in [5.41, 5.74) is 1.20. The van der Waals surface area contributed by atoms with Crippen molar-refractivity contribution >= 4 is 35.1 Å². The molecule has 2 atom stereocenters. The van der Waals surface area contributed by atoms with Crippen molar-refractivity contribution in [3.63, 3.8) is 0 Å². The van der Waals surface area contributed by atoms with Gasteiger partial charge in [-0.05, 0) is 19.1 Å². The van der Waals surface area contributed by atoms with Gasteiger partial charge >= 0.3 is 5.97 Å². The topological polar surface area (TPSA) is 64.6 Å². The Balaban J connectivity index is 2.07. The number of esters is 1. The maximum absolute atomic E-state index is 11.5. The molecule has 1 aromatic carbocycles. The van der Waals surface area contributed by atoms with Crippen LogP contribution in [0.5, 0.6) is 5.75 Å². The van der Waals surface area contributed by atoms with Crippen molar-refractivity contribution in [3.05, 3.63) is 28.3 Å². The van der Waals surface area contributed by atoms with Gasteiger partial charge in [-0.15, -0.1) is 11.6 Å². The molecule has 0 saturated carbocycles. The van der Waals surface area contributed by atoms with E-state index in [4.69, 9.17) is 27.9 Å². The van der Waals surface area contributed by atoms with Crippen LogP contribution in [0, 0.1) is 0 Å². The Morgan fingerprint density at radius 3 is 2.86 bits per heavy atom. The van der Waals surface area contributed by atoms with Crippen LogP contribution in [0.2, 0.25) is 5.02 Å². The van der Waals surface area contributed by atoms with Gasteiger partial charge in [0.1, 0.15) is 17.2 Å². The van der Waals surface area contributed by atoms with E-state index in [1.807, 2.05) is 0 Å². The van der Waals surface area contributed by atoms with E-state index in [2.05, 4.69) is 10.1 Å². The molecule has 0 aliphatic carbocycles. The highest BCUT2D eigenvalue weighted by molar-refractivity contribution is 6.32. The van der Waals surface area contributed by atoms with Crippen molar-refractivity contribution in [1.29, 1.82) is 0 Å². The van der Waals surface area contributed by atoms with Crippen LogP contribution in [-0.4, -0.2) is 37.0 Å². The van der Waals surface area contributed by atoms with Crippen molar-refractivity contribution in [2.24, 2.45) is 0 Å². The fraction of sp³-hybridized carbons (Fsp3) is 0.429. The second-order valence-corrected chi connectivity index (χ2v) is 5.80. The van der Waals surface area contributed by atoms with E-state index in [1.54, 1.807) is 13.0 Å². The lowest BCUT2D eigenvalue weighted by atomic mass is 10.1. The second-order valence-electron chi connectivity index (χ2n) is 4.74. The molecule has 1 aliphatic heterocycles. The average Bonchev–Trinajstić information content (AvgIpc) is 2.87. The van der Waals surface area contributed by atoms with Crippen LogP contribution < -0.4 is 10.1 Å². The molecule has 1 amide bonds. The first-order valence-electron chi connectivity index (χ1n) is 6.41. The lowest BCUT2D eigenvalue weighted by Gasteiger charge is -2.13. The number of carbonyl (C=O) groups excluding carboxylic acids is 2. The number of hydrogen-bond acceptors (Lipinski definition) is 4. The molecule has 0 radical (unpaired) electrons. The number of halogens is 2. The molecule has 1 aromatic rings. The number of rotatable bonds is 4. The predicted molar refractivity (Wildman–Crippen MR) is 79.2 cm³/mol. The molecule has 0 unspecified atom stereocenters. The first-order chi connectivity index (χ1) is 9.92. The summed E-state index contributed by atoms with van der Waals surface area (Å²) in [5.74, 6) is -0.160. The number of benzene rings is 1. The monoisotopic (exact) mass is 331 g/mol. The minimum absolute atomic E-state index is 0.232. The molecule has 0 spiro atoms. The van der Waals surface area contributed by atoms with E-state index in [1.165, 1.54) is 13.2 Å². The molecule has 1 N–H and O–H groups in total. The van der Waals surface area contributed by atoms with Gasteiger partial charge < -0.3 is 14.8 Å². The highest BCUT2D eigenvalue weighted by Crippen LogP contribution is 2.37. The fourth-order valence-corrected chi connectivity index (χ4v) is 2.45. The smallest absolute Gasteiger partial charge is 0.337 e. The van der Waals surface area contributed by atoms with Crippen molar-refractivity contribution in [3.8, 4) is 5.75 Å². The number of nitrogens with one attached hydrogen (secondary N) is 1. The van der Waals surface area contributed by atoms with Gasteiger partial charge in [0.2, 0.25) is 5.91 Å². The molecule has 0 bridgehead atoms. The van der Waals surface area contributed by atoms with E-state index in [9.17, 15) is 9.59 Å². The first-order valence-corrected chi connectivity index (χ1v) is 7.23. The van der Waals surface area contributed by atoms with Crippen LogP contribution in [0.25, 0.3) is 0 Å². The third-order valence-corrected chi connectivity index (χ3v) is 3.62. The maximum Gasteiger partial charge on any atom is 0.337 e. The summed E-state index contributed by atoms with van der Waals surface area (Å²) in [5, 5.41) is 2.46. The summed E-state index contributed by atoms with van der Waals surface area (Å²) < 4.78 is 10.4. The van der Waals surface area contributed by atoms with Crippen LogP contribution in [-0.2, 0) is 16.0 Å². The molecule has 5 nitrogen and oxygen atoms in total. The summed E-state index contributed by atoms with van der Waals surface area (Å²) in [4.78, 5) is 23.0. The van der Waals surface area contributed by atoms with Crippen LogP contribution in [0.1, 0.15) is 22.8 Å². The molecule has 1 heterocycles. The third kappa shape index (κ3) is 3.60. The molecule has 21 heavy (non-hydrogen) atoms. The fourth-order valence-electron chi connectivity index (χ4n) is 2.09. The van der Waals surface area contributed by atoms with E-state index in [0.717, 1.165) is 5.56 Å². The van der Waals surface area contributed by atoms with E-state index in [-0.39, 0.29) is 12.0 Å². The number of fused-ring (bicyclic) bond motifs is 1. The molecule has 0 saturated heterocycles. The zero-order chi connectivity index (χ0) is 15.6. The molecule has 2 rings (SSSR count). The highest BCUT2D eigenvalue weighted by atomic mass is 35.5. The number of carbonyl (C=O) groups is 2. The second kappa shape index (κ2) is 6.54. The van der Waals surface area contributed by atoms with Crippen molar-refractivity contribution in [1.82, 2.24) is 5.32 Å². The SMILES string of the molecule is COC(=O)c1cc(Cl)c2c(c1)C[C@@H](CNC(=O)[C@H](C)Cl)O2. The normalized spacial score (nSPS) is 17.6. The third-order valence-electron chi connectivity index (χ3n) is 3.14. The van der Waals surface area contributed by atoms with Crippen LogP contribution in [0.4, 0.5) is 0 Å². The molecule has 0 fully saturated rings. The lowest BCUT2D eigenvalue weighted by Crippen LogP contribution is -2.37. The minimum Gasteiger partial charge on any atom is -0.486 e. The van der Waals surface area contributed by atoms with Crippen molar-refractivity contribution in [2.45, 2.75) is 24.8 Å². The van der Waals surface area contributed by atoms with Crippen molar-refractivity contribution < 1.29 is 19.1 Å². The van der Waals surface area contributed by atoms with Crippen LogP contribution >= 0.6 is 23.2 Å². The molecule has 7 heteroatoms. The highest BCUT2D eigenvalue weighted by Gasteiger charge is 2.27. The van der Waals surface area contributed by atoms with Crippen molar-refractivity contribution in [2.75, 3.05) is 13.7 Å². The number of alkyl halides is 1. The lowest BCUT2D eigenvalue weighted by molar-refractivity contribution is -0.120. The minimum atomic E-state index is -0.594. The Labute approximate surface area is 132 Å². The molecular formula is C14H15Cl2NO4. The largest absolute Gasteiger partial charge is 0.486 e. The summed E-state index contributed by atoms with van der Waals surface area (Å²) in [7, 11) is 1.31. The number of ether oxygens (including phenoxy) is 2. The molecule has 114 valence electrons. The Morgan fingerprint density at radius 1 is 1.52 bits per heavy atom. The quantitative estimate of drug-likeness (QED) is 0.678. The summed E-state index contributed by atoms with van der Waals surface area (Å²) in [6.07, 6.45) is 0.321. The maximum atomic E-state index is 11.5. The Hall–Kier alpha value is -1.46. The van der Waals surface area contributed by atoms with E-state index in [0.29, 0.717) is 29.3 Å². The van der Waals surface area contributed by atoms with E-state index >= 15 is 0 Å². The molecule has 1 aliphatic rings. The summed E-state index contributed by atoms with van der Waals surface area (Å²) >= 11 is 11.8. The summed E-state index contributed by atoms with van der Waals surface area (Å²) in [6, 6.07) is 3.20. The Morgan fingerprint density at radius 2 is 2.24 bits per heavy atom. The molecular weight excluding hydrogens is 317 g/mol.